The molecule has 0 aromatic rings. The molecule has 2 amide bonds. The zero-order valence-electron chi connectivity index (χ0n) is 24.6. The predicted molar refractivity (Wildman–Crippen MR) is 154 cm³/mol. The largest absolute Gasteiger partial charge is 0.481 e. The molecular formula is C30H54N2O8. The lowest BCUT2D eigenvalue weighted by atomic mass is 10.0. The molecule has 0 aromatic carbocycles. The van der Waals surface area contributed by atoms with E-state index in [9.17, 15) is 29.1 Å². The Kier molecular flexibility index (Phi) is 23.6. The first-order valence-corrected chi connectivity index (χ1v) is 15.4. The number of hydrogen-bond donors (Lipinski definition) is 5. The molecular weight excluding hydrogens is 516 g/mol. The van der Waals surface area contributed by atoms with E-state index in [-0.39, 0.29) is 37.5 Å². The fourth-order valence-electron chi connectivity index (χ4n) is 4.50. The monoisotopic (exact) mass is 570 g/mol. The van der Waals surface area contributed by atoms with Gasteiger partial charge in [-0.05, 0) is 32.1 Å². The zero-order chi connectivity index (χ0) is 30.0. The van der Waals surface area contributed by atoms with Crippen molar-refractivity contribution in [2.24, 2.45) is 5.92 Å². The highest BCUT2D eigenvalue weighted by Gasteiger charge is 2.20. The standard InChI is InChI=1S/C30H54N2O8/c1-24(29(37)38)18-16-17-23-31-26(33)22-21-25(30(39)40)32-27(34)19-14-12-10-8-6-4-2-3-5-7-9-11-13-15-20-28(35)36/h24-25H,2-23H2,1H3,(H,31,33)(H,32,34)(H,35,36)(H,37,38)(H,39,40)/t24-,25-/m0/s1. The molecule has 5 N–H and O–H groups in total. The second kappa shape index (κ2) is 25.3. The first kappa shape index (κ1) is 37.4. The zero-order valence-corrected chi connectivity index (χ0v) is 24.6. The molecule has 0 aliphatic carbocycles. The lowest BCUT2D eigenvalue weighted by Crippen LogP contribution is -2.41. The first-order chi connectivity index (χ1) is 19.1. The third-order valence-electron chi connectivity index (χ3n) is 7.15. The molecule has 0 unspecified atom stereocenters. The number of carboxylic acid groups (broad SMARTS) is 3. The number of carboxylic acids is 3. The van der Waals surface area contributed by atoms with E-state index in [4.69, 9.17) is 10.2 Å². The van der Waals surface area contributed by atoms with Crippen LogP contribution >= 0.6 is 0 Å². The van der Waals surface area contributed by atoms with E-state index >= 15 is 0 Å². The number of carbonyl (C=O) groups excluding carboxylic acids is 2. The number of carbonyl (C=O) groups is 5. The Bertz CT molecular complexity index is 728. The minimum Gasteiger partial charge on any atom is -0.481 e. The van der Waals surface area contributed by atoms with E-state index in [1.165, 1.54) is 44.9 Å². The molecule has 232 valence electrons. The molecule has 0 bridgehead atoms. The average molecular weight is 571 g/mol. The van der Waals surface area contributed by atoms with Gasteiger partial charge in [0, 0.05) is 25.8 Å². The van der Waals surface area contributed by atoms with Crippen molar-refractivity contribution in [3.05, 3.63) is 0 Å². The van der Waals surface area contributed by atoms with Crippen molar-refractivity contribution in [2.45, 2.75) is 148 Å². The SMILES string of the molecule is C[C@@H](CCCCNC(=O)CC[C@H](NC(=O)CCCCCCCCCCCCCCCCC(=O)O)C(=O)O)C(=O)O. The molecule has 10 nitrogen and oxygen atoms in total. The summed E-state index contributed by atoms with van der Waals surface area (Å²) in [5.74, 6) is -3.69. The Morgan fingerprint density at radius 1 is 0.525 bits per heavy atom. The molecule has 0 saturated carbocycles. The summed E-state index contributed by atoms with van der Waals surface area (Å²) in [5.41, 5.74) is 0. The highest BCUT2D eigenvalue weighted by molar-refractivity contribution is 5.84. The van der Waals surface area contributed by atoms with Crippen molar-refractivity contribution < 1.29 is 39.3 Å². The van der Waals surface area contributed by atoms with Crippen LogP contribution in [0.4, 0.5) is 0 Å². The van der Waals surface area contributed by atoms with Gasteiger partial charge < -0.3 is 26.0 Å². The van der Waals surface area contributed by atoms with Crippen molar-refractivity contribution in [1.29, 1.82) is 0 Å². The third-order valence-corrected chi connectivity index (χ3v) is 7.15. The molecule has 0 radical (unpaired) electrons. The molecule has 0 aliphatic heterocycles. The lowest BCUT2D eigenvalue weighted by molar-refractivity contribution is -0.142. The van der Waals surface area contributed by atoms with Gasteiger partial charge in [-0.15, -0.1) is 0 Å². The van der Waals surface area contributed by atoms with Gasteiger partial charge >= 0.3 is 17.9 Å². The Morgan fingerprint density at radius 2 is 1.00 bits per heavy atom. The lowest BCUT2D eigenvalue weighted by Gasteiger charge is -2.14. The number of amides is 2. The van der Waals surface area contributed by atoms with E-state index in [2.05, 4.69) is 10.6 Å². The fourth-order valence-corrected chi connectivity index (χ4v) is 4.50. The summed E-state index contributed by atoms with van der Waals surface area (Å²) < 4.78 is 0. The van der Waals surface area contributed by atoms with Gasteiger partial charge in [0.05, 0.1) is 5.92 Å². The van der Waals surface area contributed by atoms with Crippen molar-refractivity contribution in [3.8, 4) is 0 Å². The Balaban J connectivity index is 3.69. The van der Waals surface area contributed by atoms with Crippen molar-refractivity contribution >= 4 is 29.7 Å². The van der Waals surface area contributed by atoms with Gasteiger partial charge in [-0.25, -0.2) is 4.79 Å². The van der Waals surface area contributed by atoms with E-state index < -0.39 is 29.9 Å². The summed E-state index contributed by atoms with van der Waals surface area (Å²) in [6.07, 6.45) is 17.8. The topological polar surface area (TPSA) is 170 Å². The quantitative estimate of drug-likeness (QED) is 0.0749. The second-order valence-electron chi connectivity index (χ2n) is 10.9. The van der Waals surface area contributed by atoms with Crippen LogP contribution in [0.2, 0.25) is 0 Å². The molecule has 0 spiro atoms. The molecule has 2 atom stereocenters. The van der Waals surface area contributed by atoms with Crippen LogP contribution in [0.1, 0.15) is 142 Å². The number of hydrogen-bond acceptors (Lipinski definition) is 5. The third kappa shape index (κ3) is 24.4. The Morgan fingerprint density at radius 3 is 1.45 bits per heavy atom. The first-order valence-electron chi connectivity index (χ1n) is 15.4. The van der Waals surface area contributed by atoms with Crippen LogP contribution < -0.4 is 10.6 Å². The molecule has 0 aromatic heterocycles. The van der Waals surface area contributed by atoms with Crippen LogP contribution in [-0.2, 0) is 24.0 Å². The highest BCUT2D eigenvalue weighted by Crippen LogP contribution is 2.14. The Hall–Kier alpha value is -2.65. The van der Waals surface area contributed by atoms with E-state index in [1.54, 1.807) is 6.92 Å². The van der Waals surface area contributed by atoms with Gasteiger partial charge in [0.1, 0.15) is 6.04 Å². The molecule has 0 aliphatic rings. The minimum atomic E-state index is -1.15. The summed E-state index contributed by atoms with van der Waals surface area (Å²) in [5, 5.41) is 32.1. The van der Waals surface area contributed by atoms with Gasteiger partial charge in [-0.3, -0.25) is 19.2 Å². The maximum Gasteiger partial charge on any atom is 0.326 e. The van der Waals surface area contributed by atoms with Crippen LogP contribution in [0.3, 0.4) is 0 Å². The molecule has 10 heteroatoms. The summed E-state index contributed by atoms with van der Waals surface area (Å²) in [4.78, 5) is 56.9. The molecule has 0 saturated heterocycles. The normalized spacial score (nSPS) is 12.4. The molecule has 0 rings (SSSR count). The number of unbranched alkanes of at least 4 members (excludes halogenated alkanes) is 14. The summed E-state index contributed by atoms with van der Waals surface area (Å²) in [6.45, 7) is 2.06. The van der Waals surface area contributed by atoms with Gasteiger partial charge in [-0.2, -0.15) is 0 Å². The summed E-state index contributed by atoms with van der Waals surface area (Å²) in [7, 11) is 0. The van der Waals surface area contributed by atoms with Gasteiger partial charge in [0.15, 0.2) is 0 Å². The predicted octanol–water partition coefficient (Wildman–Crippen LogP) is 5.67. The van der Waals surface area contributed by atoms with Crippen LogP contribution in [-0.4, -0.2) is 57.6 Å². The maximum atomic E-state index is 12.2. The van der Waals surface area contributed by atoms with Gasteiger partial charge in [-0.1, -0.05) is 90.4 Å². The minimum absolute atomic E-state index is 0.00261. The fraction of sp³-hybridized carbons (Fsp3) is 0.833. The van der Waals surface area contributed by atoms with Gasteiger partial charge in [0.25, 0.3) is 0 Å². The molecule has 40 heavy (non-hydrogen) atoms. The van der Waals surface area contributed by atoms with Crippen molar-refractivity contribution in [2.75, 3.05) is 6.54 Å². The average Bonchev–Trinajstić information content (AvgIpc) is 2.89. The highest BCUT2D eigenvalue weighted by atomic mass is 16.4. The number of rotatable bonds is 28. The summed E-state index contributed by atoms with van der Waals surface area (Å²) >= 11 is 0. The maximum absolute atomic E-state index is 12.2. The molecule has 0 heterocycles. The van der Waals surface area contributed by atoms with E-state index in [1.807, 2.05) is 0 Å². The summed E-state index contributed by atoms with van der Waals surface area (Å²) in [6, 6.07) is -1.09. The van der Waals surface area contributed by atoms with Crippen LogP contribution in [0.5, 0.6) is 0 Å². The Labute approximate surface area is 240 Å². The van der Waals surface area contributed by atoms with Crippen LogP contribution in [0.15, 0.2) is 0 Å². The number of aliphatic carboxylic acids is 3. The second-order valence-corrected chi connectivity index (χ2v) is 10.9. The van der Waals surface area contributed by atoms with Crippen LogP contribution in [0, 0.1) is 5.92 Å². The smallest absolute Gasteiger partial charge is 0.326 e. The molecule has 0 fully saturated rings. The van der Waals surface area contributed by atoms with Gasteiger partial charge in [0.2, 0.25) is 11.8 Å². The van der Waals surface area contributed by atoms with Crippen molar-refractivity contribution in [1.82, 2.24) is 10.6 Å². The van der Waals surface area contributed by atoms with Crippen LogP contribution in [0.25, 0.3) is 0 Å². The van der Waals surface area contributed by atoms with E-state index in [0.29, 0.717) is 32.2 Å². The van der Waals surface area contributed by atoms with Crippen molar-refractivity contribution in [3.63, 3.8) is 0 Å². The number of nitrogens with one attached hydrogen (secondary N) is 2. The van der Waals surface area contributed by atoms with E-state index in [0.717, 1.165) is 38.5 Å².